The minimum Gasteiger partial charge on any atom is -0.382 e. The number of carbonyl (C=O) groups is 1. The molecular formula is C17H28N2O. The Bertz CT molecular complexity index is 429. The van der Waals surface area contributed by atoms with Crippen molar-refractivity contribution in [2.75, 3.05) is 11.9 Å². The molecule has 1 rings (SSSR count). The summed E-state index contributed by atoms with van der Waals surface area (Å²) in [6.07, 6.45) is 4.80. The lowest BCUT2D eigenvalue weighted by Gasteiger charge is -2.20. The zero-order chi connectivity index (χ0) is 15.0. The second-order valence-electron chi connectivity index (χ2n) is 5.28. The molecule has 0 fully saturated rings. The first-order valence-corrected chi connectivity index (χ1v) is 7.77. The molecule has 3 heteroatoms. The van der Waals surface area contributed by atoms with E-state index >= 15 is 0 Å². The molecule has 1 amide bonds. The number of aryl methyl sites for hydroxylation is 1. The number of rotatable bonds is 8. The molecule has 3 nitrogen and oxygen atoms in total. The Balaban J connectivity index is 2.74. The zero-order valence-corrected chi connectivity index (χ0v) is 13.3. The van der Waals surface area contributed by atoms with E-state index in [-0.39, 0.29) is 5.91 Å². The van der Waals surface area contributed by atoms with E-state index in [2.05, 4.69) is 31.4 Å². The second-order valence-corrected chi connectivity index (χ2v) is 5.28. The van der Waals surface area contributed by atoms with Crippen molar-refractivity contribution in [3.05, 3.63) is 29.3 Å². The van der Waals surface area contributed by atoms with Crippen LogP contribution in [0, 0.1) is 6.92 Å². The van der Waals surface area contributed by atoms with Crippen molar-refractivity contribution in [3.63, 3.8) is 0 Å². The van der Waals surface area contributed by atoms with Gasteiger partial charge in [-0.2, -0.15) is 0 Å². The van der Waals surface area contributed by atoms with Crippen LogP contribution in [0.5, 0.6) is 0 Å². The van der Waals surface area contributed by atoms with Gasteiger partial charge in [-0.15, -0.1) is 0 Å². The summed E-state index contributed by atoms with van der Waals surface area (Å²) in [5, 5.41) is 6.43. The third kappa shape index (κ3) is 4.87. The predicted molar refractivity (Wildman–Crippen MR) is 86.4 cm³/mol. The third-order valence-corrected chi connectivity index (χ3v) is 3.58. The highest BCUT2D eigenvalue weighted by molar-refractivity contribution is 5.94. The van der Waals surface area contributed by atoms with Crippen molar-refractivity contribution in [1.82, 2.24) is 5.32 Å². The van der Waals surface area contributed by atoms with E-state index in [9.17, 15) is 4.79 Å². The van der Waals surface area contributed by atoms with Gasteiger partial charge in [0.25, 0.3) is 5.91 Å². The Kier molecular flexibility index (Phi) is 7.13. The predicted octanol–water partition coefficient (Wildman–Crippen LogP) is 4.13. The molecule has 112 valence electrons. The fourth-order valence-corrected chi connectivity index (χ4v) is 2.28. The van der Waals surface area contributed by atoms with Gasteiger partial charge >= 0.3 is 0 Å². The van der Waals surface area contributed by atoms with E-state index in [1.165, 1.54) is 19.3 Å². The van der Waals surface area contributed by atoms with Crippen molar-refractivity contribution in [3.8, 4) is 0 Å². The molecule has 0 aliphatic heterocycles. The van der Waals surface area contributed by atoms with Crippen LogP contribution in [0.4, 0.5) is 5.69 Å². The minimum absolute atomic E-state index is 0.000162. The number of benzene rings is 1. The summed E-state index contributed by atoms with van der Waals surface area (Å²) in [7, 11) is 0. The van der Waals surface area contributed by atoms with Crippen molar-refractivity contribution in [2.24, 2.45) is 0 Å². The number of unbranched alkanes of at least 4 members (excludes halogenated alkanes) is 1. The molecule has 0 saturated heterocycles. The maximum atomic E-state index is 11.8. The Morgan fingerprint density at radius 3 is 2.55 bits per heavy atom. The molecular weight excluding hydrogens is 248 g/mol. The van der Waals surface area contributed by atoms with Gasteiger partial charge in [0.2, 0.25) is 0 Å². The highest BCUT2D eigenvalue weighted by Crippen LogP contribution is 2.20. The summed E-state index contributed by atoms with van der Waals surface area (Å²) in [5.74, 6) is 0.000162. The molecule has 0 spiro atoms. The first-order valence-electron chi connectivity index (χ1n) is 7.77. The maximum absolute atomic E-state index is 11.8. The van der Waals surface area contributed by atoms with E-state index in [1.54, 1.807) is 0 Å². The molecule has 1 atom stereocenters. The maximum Gasteiger partial charge on any atom is 0.251 e. The lowest BCUT2D eigenvalue weighted by molar-refractivity contribution is 0.0956. The average Bonchev–Trinajstić information content (AvgIpc) is 2.45. The monoisotopic (exact) mass is 276 g/mol. The fourth-order valence-electron chi connectivity index (χ4n) is 2.28. The number of anilines is 1. The van der Waals surface area contributed by atoms with Gasteiger partial charge in [0.05, 0.1) is 0 Å². The highest BCUT2D eigenvalue weighted by atomic mass is 16.1. The van der Waals surface area contributed by atoms with Gasteiger partial charge in [-0.1, -0.05) is 26.7 Å². The van der Waals surface area contributed by atoms with Gasteiger partial charge in [-0.05, 0) is 50.5 Å². The molecule has 0 aliphatic carbocycles. The average molecular weight is 276 g/mol. The summed E-state index contributed by atoms with van der Waals surface area (Å²) in [4.78, 5) is 11.8. The molecule has 2 N–H and O–H groups in total. The van der Waals surface area contributed by atoms with Crippen LogP contribution in [0.15, 0.2) is 18.2 Å². The van der Waals surface area contributed by atoms with Gasteiger partial charge < -0.3 is 10.6 Å². The Morgan fingerprint density at radius 1 is 1.25 bits per heavy atom. The van der Waals surface area contributed by atoms with Crippen LogP contribution in [0.1, 0.15) is 62.4 Å². The summed E-state index contributed by atoms with van der Waals surface area (Å²) < 4.78 is 0. The second kappa shape index (κ2) is 8.62. The van der Waals surface area contributed by atoms with E-state index in [0.29, 0.717) is 12.6 Å². The zero-order valence-electron chi connectivity index (χ0n) is 13.3. The van der Waals surface area contributed by atoms with Gasteiger partial charge in [0, 0.05) is 23.8 Å². The molecule has 0 radical (unpaired) electrons. The fraction of sp³-hybridized carbons (Fsp3) is 0.588. The Morgan fingerprint density at radius 2 is 2.00 bits per heavy atom. The van der Waals surface area contributed by atoms with Crippen molar-refractivity contribution in [1.29, 1.82) is 0 Å². The van der Waals surface area contributed by atoms with Crippen LogP contribution in [0.25, 0.3) is 0 Å². The summed E-state index contributed by atoms with van der Waals surface area (Å²) in [6, 6.07) is 6.39. The lowest BCUT2D eigenvalue weighted by Crippen LogP contribution is -2.23. The van der Waals surface area contributed by atoms with Crippen molar-refractivity contribution >= 4 is 11.6 Å². The van der Waals surface area contributed by atoms with Crippen LogP contribution >= 0.6 is 0 Å². The molecule has 1 aromatic rings. The molecule has 1 aromatic carbocycles. The summed E-state index contributed by atoms with van der Waals surface area (Å²) in [6.45, 7) is 9.08. The van der Waals surface area contributed by atoms with Crippen LogP contribution < -0.4 is 10.6 Å². The van der Waals surface area contributed by atoms with Gasteiger partial charge in [0.1, 0.15) is 0 Å². The summed E-state index contributed by atoms with van der Waals surface area (Å²) >= 11 is 0. The van der Waals surface area contributed by atoms with Crippen LogP contribution in [-0.4, -0.2) is 18.5 Å². The number of hydrogen-bond acceptors (Lipinski definition) is 2. The molecule has 0 bridgehead atoms. The smallest absolute Gasteiger partial charge is 0.251 e. The van der Waals surface area contributed by atoms with Crippen molar-refractivity contribution in [2.45, 2.75) is 59.4 Å². The molecule has 0 aliphatic rings. The van der Waals surface area contributed by atoms with Crippen LogP contribution in [0.2, 0.25) is 0 Å². The van der Waals surface area contributed by atoms with Gasteiger partial charge in [0.15, 0.2) is 0 Å². The summed E-state index contributed by atoms with van der Waals surface area (Å²) in [5.41, 5.74) is 3.00. The standard InChI is InChI=1S/C17H28N2O/c1-5-8-9-15(6-2)19-16-11-10-14(12-13(16)4)17(20)18-7-3/h10-12,15,19H,5-9H2,1-4H3,(H,18,20). The topological polar surface area (TPSA) is 41.1 Å². The van der Waals surface area contributed by atoms with E-state index in [0.717, 1.165) is 23.2 Å². The van der Waals surface area contributed by atoms with Crippen LogP contribution in [0.3, 0.4) is 0 Å². The largest absolute Gasteiger partial charge is 0.382 e. The highest BCUT2D eigenvalue weighted by Gasteiger charge is 2.10. The number of hydrogen-bond donors (Lipinski definition) is 2. The number of amides is 1. The Hall–Kier alpha value is -1.51. The Labute approximate surface area is 123 Å². The molecule has 0 aromatic heterocycles. The first kappa shape index (κ1) is 16.5. The van der Waals surface area contributed by atoms with Crippen molar-refractivity contribution < 1.29 is 4.79 Å². The van der Waals surface area contributed by atoms with E-state index in [1.807, 2.05) is 25.1 Å². The normalized spacial score (nSPS) is 12.0. The molecule has 0 saturated carbocycles. The first-order chi connectivity index (χ1) is 9.62. The van der Waals surface area contributed by atoms with Gasteiger partial charge in [-0.3, -0.25) is 4.79 Å². The molecule has 1 unspecified atom stereocenters. The van der Waals surface area contributed by atoms with Gasteiger partial charge in [-0.25, -0.2) is 0 Å². The number of carbonyl (C=O) groups excluding carboxylic acids is 1. The minimum atomic E-state index is 0.000162. The molecule has 0 heterocycles. The quantitative estimate of drug-likeness (QED) is 0.749. The third-order valence-electron chi connectivity index (χ3n) is 3.58. The SMILES string of the molecule is CCCCC(CC)Nc1ccc(C(=O)NCC)cc1C. The number of nitrogens with one attached hydrogen (secondary N) is 2. The van der Waals surface area contributed by atoms with Crippen LogP contribution in [-0.2, 0) is 0 Å². The van der Waals surface area contributed by atoms with E-state index in [4.69, 9.17) is 0 Å². The lowest BCUT2D eigenvalue weighted by atomic mass is 10.0. The van der Waals surface area contributed by atoms with E-state index < -0.39 is 0 Å². The molecule has 20 heavy (non-hydrogen) atoms.